The van der Waals surface area contributed by atoms with Crippen LogP contribution in [-0.2, 0) is 0 Å². The number of hydrogen-bond donors (Lipinski definition) is 2. The molecule has 2 aromatic carbocycles. The van der Waals surface area contributed by atoms with E-state index in [1.165, 1.54) is 0 Å². The van der Waals surface area contributed by atoms with Gasteiger partial charge in [-0.2, -0.15) is 4.99 Å². The average molecular weight is 411 g/mol. The van der Waals surface area contributed by atoms with Crippen LogP contribution in [0.3, 0.4) is 0 Å². The molecule has 1 fully saturated rings. The number of halogens is 1. The zero-order valence-electron chi connectivity index (χ0n) is 16.2. The molecule has 2 aliphatic heterocycles. The highest BCUT2D eigenvalue weighted by atomic mass is 35.5. The van der Waals surface area contributed by atoms with Crippen molar-refractivity contribution in [3.63, 3.8) is 0 Å². The number of hydrogen-bond acceptors (Lipinski definition) is 6. The summed E-state index contributed by atoms with van der Waals surface area (Å²) in [6, 6.07) is 15.0. The van der Waals surface area contributed by atoms with Crippen molar-refractivity contribution in [1.29, 1.82) is 0 Å². The van der Waals surface area contributed by atoms with Crippen molar-refractivity contribution < 1.29 is 4.79 Å². The van der Waals surface area contributed by atoms with Crippen LogP contribution in [0.2, 0.25) is 5.02 Å². The third-order valence-corrected chi connectivity index (χ3v) is 5.65. The van der Waals surface area contributed by atoms with E-state index in [1.807, 2.05) is 59.2 Å². The molecule has 0 radical (unpaired) electrons. The number of carbonyl (C=O) groups excluding carboxylic acids is 1. The van der Waals surface area contributed by atoms with Gasteiger partial charge < -0.3 is 16.4 Å². The van der Waals surface area contributed by atoms with Crippen LogP contribution in [0.15, 0.2) is 58.5 Å². The smallest absolute Gasteiger partial charge is 0.253 e. The number of piperidine rings is 1. The van der Waals surface area contributed by atoms with Crippen LogP contribution >= 0.6 is 11.6 Å². The molecular formula is C21H23ClN6O. The maximum Gasteiger partial charge on any atom is 0.253 e. The van der Waals surface area contributed by atoms with Crippen molar-refractivity contribution in [1.82, 2.24) is 4.90 Å². The summed E-state index contributed by atoms with van der Waals surface area (Å²) >= 11 is 6.19. The number of rotatable bonds is 2. The number of aliphatic imine (C=N–C) groups is 2. The molecule has 0 saturated carbocycles. The molecule has 0 aliphatic carbocycles. The van der Waals surface area contributed by atoms with Crippen LogP contribution < -0.4 is 16.4 Å². The summed E-state index contributed by atoms with van der Waals surface area (Å²) in [5, 5.41) is 0.597. The molecule has 0 aromatic heterocycles. The largest absolute Gasteiger partial charge is 0.369 e. The number of nitrogens with two attached hydrogens (primary N) is 2. The van der Waals surface area contributed by atoms with Gasteiger partial charge >= 0.3 is 0 Å². The Balaban J connectivity index is 1.59. The molecule has 0 unspecified atom stereocenters. The second-order valence-electron chi connectivity index (χ2n) is 7.40. The SMILES string of the molecule is Cc1ccc(C(=O)N2CCC3(CC2)N=C(N)N=C(N)N3c2cccc(Cl)c2)cc1. The van der Waals surface area contributed by atoms with E-state index in [0.717, 1.165) is 11.3 Å². The van der Waals surface area contributed by atoms with E-state index in [-0.39, 0.29) is 17.8 Å². The fourth-order valence-corrected chi connectivity index (χ4v) is 4.12. The number of aryl methyl sites for hydroxylation is 1. The molecule has 8 heteroatoms. The normalized spacial score (nSPS) is 18.4. The molecule has 2 aromatic rings. The van der Waals surface area contributed by atoms with E-state index in [0.29, 0.717) is 36.5 Å². The van der Waals surface area contributed by atoms with Gasteiger partial charge in [0.05, 0.1) is 0 Å². The summed E-state index contributed by atoms with van der Waals surface area (Å²) in [7, 11) is 0. The molecule has 2 aliphatic rings. The second-order valence-corrected chi connectivity index (χ2v) is 7.83. The minimum Gasteiger partial charge on any atom is -0.369 e. The standard InChI is InChI=1S/C21H23ClN6O/c1-14-5-7-15(8-6-14)18(29)27-11-9-21(10-12-27)26-19(23)25-20(24)28(21)17-4-2-3-16(22)13-17/h2-8,13H,9-12H2,1H3,(H4,23,24,25,26). The van der Waals surface area contributed by atoms with Crippen LogP contribution in [-0.4, -0.2) is 41.5 Å². The summed E-state index contributed by atoms with van der Waals surface area (Å²) < 4.78 is 0. The molecular weight excluding hydrogens is 388 g/mol. The highest BCUT2D eigenvalue weighted by Crippen LogP contribution is 2.37. The summed E-state index contributed by atoms with van der Waals surface area (Å²) in [4.78, 5) is 25.4. The number of nitrogens with zero attached hydrogens (tertiary/aromatic N) is 4. The number of carbonyl (C=O) groups is 1. The lowest BCUT2D eigenvalue weighted by molar-refractivity contribution is 0.0676. The van der Waals surface area contributed by atoms with E-state index >= 15 is 0 Å². The predicted octanol–water partition coefficient (Wildman–Crippen LogP) is 2.73. The Morgan fingerprint density at radius 3 is 2.45 bits per heavy atom. The van der Waals surface area contributed by atoms with Crippen LogP contribution in [0.5, 0.6) is 0 Å². The first-order chi connectivity index (χ1) is 13.9. The molecule has 1 spiro atoms. The molecule has 4 rings (SSSR count). The highest BCUT2D eigenvalue weighted by molar-refractivity contribution is 6.31. The fraction of sp³-hybridized carbons (Fsp3) is 0.286. The molecule has 7 nitrogen and oxygen atoms in total. The first-order valence-electron chi connectivity index (χ1n) is 9.49. The summed E-state index contributed by atoms with van der Waals surface area (Å²) in [5.74, 6) is 0.445. The first-order valence-corrected chi connectivity index (χ1v) is 9.87. The molecule has 29 heavy (non-hydrogen) atoms. The first kappa shape index (κ1) is 19.3. The molecule has 0 atom stereocenters. The zero-order valence-corrected chi connectivity index (χ0v) is 16.9. The average Bonchev–Trinajstić information content (AvgIpc) is 2.68. The Morgan fingerprint density at radius 2 is 1.79 bits per heavy atom. The molecule has 0 bridgehead atoms. The van der Waals surface area contributed by atoms with E-state index in [2.05, 4.69) is 9.98 Å². The minimum atomic E-state index is -0.690. The summed E-state index contributed by atoms with van der Waals surface area (Å²) in [6.45, 7) is 3.07. The van der Waals surface area contributed by atoms with Crippen molar-refractivity contribution in [2.24, 2.45) is 21.5 Å². The Hall–Kier alpha value is -3.06. The van der Waals surface area contributed by atoms with Gasteiger partial charge in [0.15, 0.2) is 0 Å². The third-order valence-electron chi connectivity index (χ3n) is 5.41. The summed E-state index contributed by atoms with van der Waals surface area (Å²) in [6.07, 6.45) is 1.15. The minimum absolute atomic E-state index is 0.0172. The lowest BCUT2D eigenvalue weighted by Crippen LogP contribution is -2.62. The Kier molecular flexibility index (Phi) is 4.92. The number of likely N-dealkylation sites (tertiary alicyclic amines) is 1. The van der Waals surface area contributed by atoms with Gasteiger partial charge in [-0.1, -0.05) is 35.4 Å². The lowest BCUT2D eigenvalue weighted by atomic mass is 9.93. The molecule has 4 N–H and O–H groups in total. The van der Waals surface area contributed by atoms with Crippen LogP contribution in [0.4, 0.5) is 5.69 Å². The zero-order chi connectivity index (χ0) is 20.6. The number of amides is 1. The van der Waals surface area contributed by atoms with E-state index in [9.17, 15) is 4.79 Å². The van der Waals surface area contributed by atoms with Gasteiger partial charge in [0.25, 0.3) is 5.91 Å². The third kappa shape index (κ3) is 3.65. The monoisotopic (exact) mass is 410 g/mol. The van der Waals surface area contributed by atoms with Crippen molar-refractivity contribution in [2.75, 3.05) is 18.0 Å². The topological polar surface area (TPSA) is 100 Å². The van der Waals surface area contributed by atoms with E-state index < -0.39 is 5.66 Å². The molecule has 150 valence electrons. The van der Waals surface area contributed by atoms with Gasteiger partial charge in [0.2, 0.25) is 11.9 Å². The number of anilines is 1. The van der Waals surface area contributed by atoms with Crippen LogP contribution in [0.25, 0.3) is 0 Å². The van der Waals surface area contributed by atoms with Crippen molar-refractivity contribution in [3.8, 4) is 0 Å². The van der Waals surface area contributed by atoms with Crippen molar-refractivity contribution in [3.05, 3.63) is 64.7 Å². The van der Waals surface area contributed by atoms with Crippen LogP contribution in [0, 0.1) is 6.92 Å². The van der Waals surface area contributed by atoms with Crippen molar-refractivity contribution >= 4 is 35.1 Å². The Morgan fingerprint density at radius 1 is 1.10 bits per heavy atom. The van der Waals surface area contributed by atoms with Crippen molar-refractivity contribution in [2.45, 2.75) is 25.4 Å². The Labute approximate surface area is 174 Å². The maximum absolute atomic E-state index is 12.9. The lowest BCUT2D eigenvalue weighted by Gasteiger charge is -2.47. The maximum atomic E-state index is 12.9. The highest BCUT2D eigenvalue weighted by Gasteiger charge is 2.45. The number of guanidine groups is 2. The van der Waals surface area contributed by atoms with Gasteiger partial charge in [-0.3, -0.25) is 9.69 Å². The summed E-state index contributed by atoms with van der Waals surface area (Å²) in [5.41, 5.74) is 14.1. The van der Waals surface area contributed by atoms with Crippen LogP contribution in [0.1, 0.15) is 28.8 Å². The molecule has 2 heterocycles. The molecule has 1 amide bonds. The van der Waals surface area contributed by atoms with E-state index in [1.54, 1.807) is 6.07 Å². The van der Waals surface area contributed by atoms with Gasteiger partial charge in [0.1, 0.15) is 5.66 Å². The van der Waals surface area contributed by atoms with E-state index in [4.69, 9.17) is 23.1 Å². The van der Waals surface area contributed by atoms with Gasteiger partial charge in [0, 0.05) is 42.2 Å². The predicted molar refractivity (Wildman–Crippen MR) is 116 cm³/mol. The number of benzene rings is 2. The quantitative estimate of drug-likeness (QED) is 0.794. The van der Waals surface area contributed by atoms with Gasteiger partial charge in [-0.25, -0.2) is 4.99 Å². The van der Waals surface area contributed by atoms with Gasteiger partial charge in [-0.15, -0.1) is 0 Å². The second kappa shape index (κ2) is 7.40. The fourth-order valence-electron chi connectivity index (χ4n) is 3.94. The molecule has 1 saturated heterocycles. The Bertz CT molecular complexity index is 992. The van der Waals surface area contributed by atoms with Gasteiger partial charge in [-0.05, 0) is 37.3 Å².